The van der Waals surface area contributed by atoms with Gasteiger partial charge in [0, 0.05) is 12.3 Å². The number of rotatable bonds is 2. The van der Waals surface area contributed by atoms with Gasteiger partial charge in [-0.2, -0.15) is 0 Å². The molecule has 0 radical (unpaired) electrons. The second-order valence-electron chi connectivity index (χ2n) is 6.05. The Bertz CT molecular complexity index is 1010. The van der Waals surface area contributed by atoms with Crippen LogP contribution in [0.25, 0.3) is 17.1 Å². The number of hydrogen-bond acceptors (Lipinski definition) is 6. The van der Waals surface area contributed by atoms with Gasteiger partial charge in [0.2, 0.25) is 0 Å². The van der Waals surface area contributed by atoms with Crippen molar-refractivity contribution in [3.05, 3.63) is 40.4 Å². The fraction of sp³-hybridized carbons (Fsp3) is 0.235. The average molecular weight is 393 g/mol. The Kier molecular flexibility index (Phi) is 4.73. The zero-order chi connectivity index (χ0) is 17.1. The maximum absolute atomic E-state index is 12.3. The minimum atomic E-state index is -1.31. The first-order valence-corrected chi connectivity index (χ1v) is 9.81. The van der Waals surface area contributed by atoms with Gasteiger partial charge in [0.1, 0.15) is 5.37 Å². The van der Waals surface area contributed by atoms with Crippen LogP contribution in [-0.4, -0.2) is 37.5 Å². The van der Waals surface area contributed by atoms with E-state index in [-0.39, 0.29) is 46.5 Å². The van der Waals surface area contributed by atoms with Gasteiger partial charge < -0.3 is 14.5 Å². The maximum Gasteiger partial charge on any atom is 1.00 e. The molecule has 1 aromatic heterocycles. The number of amides is 1. The summed E-state index contributed by atoms with van der Waals surface area (Å²) < 4.78 is 2.22. The third-order valence-electron chi connectivity index (χ3n) is 4.56. The van der Waals surface area contributed by atoms with Crippen LogP contribution in [-0.2, 0) is 16.1 Å². The molecule has 0 N–H and O–H groups in total. The van der Waals surface area contributed by atoms with Crippen molar-refractivity contribution < 1.29 is 44.3 Å². The van der Waals surface area contributed by atoms with Crippen molar-refractivity contribution in [1.29, 1.82) is 0 Å². The number of aryl methyl sites for hydroxylation is 1. The van der Waals surface area contributed by atoms with Crippen LogP contribution in [0.4, 0.5) is 0 Å². The molecule has 126 valence electrons. The van der Waals surface area contributed by atoms with Gasteiger partial charge in [-0.25, -0.2) is 4.98 Å². The Balaban J connectivity index is 0.00000168. The summed E-state index contributed by atoms with van der Waals surface area (Å²) in [6.45, 7) is 0.961. The molecule has 26 heavy (non-hydrogen) atoms. The largest absolute Gasteiger partial charge is 1.00 e. The second-order valence-corrected chi connectivity index (χ2v) is 8.07. The number of carboxylic acids is 1. The standard InChI is InChI=1S/C17H13N3O3S2.Na/c21-14-10(15-20(14)13(8-25-15)16(22)23)6-9-2-3-11-12(7-9)19-4-1-5-24-17(19)18-11;/h2-3,6-8,15H,1,4-5H2,(H,22,23);/q;+1/p-1/b10-6-;/t15-;/m1./s1. The molecule has 1 atom stereocenters. The number of benzene rings is 1. The van der Waals surface area contributed by atoms with Gasteiger partial charge in [-0.3, -0.25) is 9.69 Å². The smallest absolute Gasteiger partial charge is 0.543 e. The SMILES string of the molecule is O=C([O-])C1=CS[C@@H]2/C(=C\c3ccc4nc5n(c4c3)CCCS5)C(=O)N12.[Na+]. The number of nitrogens with zero attached hydrogens (tertiary/aromatic N) is 3. The van der Waals surface area contributed by atoms with E-state index in [1.807, 2.05) is 24.3 Å². The van der Waals surface area contributed by atoms with E-state index in [9.17, 15) is 14.7 Å². The van der Waals surface area contributed by atoms with Gasteiger partial charge in [0.05, 0.1) is 28.3 Å². The molecule has 3 aliphatic heterocycles. The monoisotopic (exact) mass is 393 g/mol. The molecular formula is C17H12N3NaO3S2. The first-order valence-electron chi connectivity index (χ1n) is 7.89. The maximum atomic E-state index is 12.3. The van der Waals surface area contributed by atoms with Gasteiger partial charge in [-0.1, -0.05) is 17.8 Å². The first-order chi connectivity index (χ1) is 12.1. The van der Waals surface area contributed by atoms with Gasteiger partial charge >= 0.3 is 29.6 Å². The van der Waals surface area contributed by atoms with Gasteiger partial charge in [0.25, 0.3) is 5.91 Å². The number of carboxylic acid groups (broad SMARTS) is 1. The number of fused-ring (bicyclic) bond motifs is 4. The van der Waals surface area contributed by atoms with Gasteiger partial charge in [0.15, 0.2) is 5.16 Å². The molecule has 1 aromatic carbocycles. The van der Waals surface area contributed by atoms with Crippen LogP contribution >= 0.6 is 23.5 Å². The van der Waals surface area contributed by atoms with Crippen LogP contribution in [0.15, 0.2) is 40.0 Å². The summed E-state index contributed by atoms with van der Waals surface area (Å²) in [5.74, 6) is -0.485. The molecule has 0 aliphatic carbocycles. The predicted molar refractivity (Wildman–Crippen MR) is 94.4 cm³/mol. The summed E-state index contributed by atoms with van der Waals surface area (Å²) in [5, 5.41) is 13.3. The van der Waals surface area contributed by atoms with Crippen molar-refractivity contribution in [2.75, 3.05) is 5.75 Å². The van der Waals surface area contributed by atoms with Crippen LogP contribution in [0.2, 0.25) is 0 Å². The molecular weight excluding hydrogens is 381 g/mol. The van der Waals surface area contributed by atoms with E-state index in [1.54, 1.807) is 11.8 Å². The van der Waals surface area contributed by atoms with Gasteiger partial charge in [-0.15, -0.1) is 11.8 Å². The van der Waals surface area contributed by atoms with Crippen LogP contribution in [0.5, 0.6) is 0 Å². The van der Waals surface area contributed by atoms with Crippen LogP contribution < -0.4 is 34.7 Å². The molecule has 5 rings (SSSR count). The summed E-state index contributed by atoms with van der Waals surface area (Å²) in [5.41, 5.74) is 3.53. The number of carbonyl (C=O) groups excluding carboxylic acids is 2. The minimum Gasteiger partial charge on any atom is -0.543 e. The fourth-order valence-corrected chi connectivity index (χ4v) is 5.44. The molecule has 1 saturated heterocycles. The summed E-state index contributed by atoms with van der Waals surface area (Å²) in [4.78, 5) is 29.3. The quantitative estimate of drug-likeness (QED) is 0.348. The van der Waals surface area contributed by atoms with Crippen LogP contribution in [0, 0.1) is 0 Å². The number of imidazole rings is 1. The molecule has 0 spiro atoms. The normalized spacial score (nSPS) is 22.5. The molecule has 0 saturated carbocycles. The van der Waals surface area contributed by atoms with Crippen molar-refractivity contribution >= 4 is 52.5 Å². The Morgan fingerprint density at radius 3 is 3.04 bits per heavy atom. The van der Waals surface area contributed by atoms with Crippen molar-refractivity contribution in [3.63, 3.8) is 0 Å². The van der Waals surface area contributed by atoms with E-state index < -0.39 is 5.97 Å². The zero-order valence-electron chi connectivity index (χ0n) is 14.0. The Labute approximate surface area is 180 Å². The topological polar surface area (TPSA) is 78.3 Å². The van der Waals surface area contributed by atoms with Crippen LogP contribution in [0.1, 0.15) is 12.0 Å². The Morgan fingerprint density at radius 2 is 2.23 bits per heavy atom. The first kappa shape index (κ1) is 18.2. The van der Waals surface area contributed by atoms with Crippen molar-refractivity contribution in [1.82, 2.24) is 14.5 Å². The number of aliphatic carboxylic acids is 1. The third kappa shape index (κ3) is 2.66. The zero-order valence-corrected chi connectivity index (χ0v) is 17.6. The van der Waals surface area contributed by atoms with Gasteiger partial charge in [-0.05, 0) is 35.6 Å². The van der Waals surface area contributed by atoms with E-state index in [0.29, 0.717) is 5.57 Å². The van der Waals surface area contributed by atoms with Crippen molar-refractivity contribution in [3.8, 4) is 0 Å². The molecule has 3 aliphatic rings. The molecule has 1 fully saturated rings. The van der Waals surface area contributed by atoms with E-state index in [4.69, 9.17) is 0 Å². The van der Waals surface area contributed by atoms with Crippen molar-refractivity contribution in [2.45, 2.75) is 23.5 Å². The molecule has 0 bridgehead atoms. The average Bonchev–Trinajstić information content (AvgIpc) is 3.18. The molecule has 6 nitrogen and oxygen atoms in total. The molecule has 2 aromatic rings. The van der Waals surface area contributed by atoms with E-state index >= 15 is 0 Å². The number of hydrogen-bond donors (Lipinski definition) is 0. The number of aromatic nitrogens is 2. The van der Waals surface area contributed by atoms with Crippen molar-refractivity contribution in [2.24, 2.45) is 0 Å². The van der Waals surface area contributed by atoms with Crippen LogP contribution in [0.3, 0.4) is 0 Å². The Hall–Kier alpha value is -1.19. The fourth-order valence-electron chi connectivity index (χ4n) is 3.36. The molecule has 4 heterocycles. The molecule has 0 unspecified atom stereocenters. The molecule has 9 heteroatoms. The predicted octanol–water partition coefficient (Wildman–Crippen LogP) is -1.57. The Morgan fingerprint density at radius 1 is 1.38 bits per heavy atom. The van der Waals surface area contributed by atoms with E-state index in [2.05, 4.69) is 9.55 Å². The second kappa shape index (κ2) is 6.76. The summed E-state index contributed by atoms with van der Waals surface area (Å²) in [7, 11) is 0. The number of thioether (sulfide) groups is 2. The van der Waals surface area contributed by atoms with E-state index in [1.165, 1.54) is 22.1 Å². The summed E-state index contributed by atoms with van der Waals surface area (Å²) in [6, 6.07) is 5.97. The number of β-lactam (4-membered cyclic amide) rings is 1. The summed E-state index contributed by atoms with van der Waals surface area (Å²) in [6.07, 6.45) is 2.97. The number of carbonyl (C=O) groups is 2. The minimum absolute atomic E-state index is 0. The van der Waals surface area contributed by atoms with E-state index in [0.717, 1.165) is 40.5 Å². The summed E-state index contributed by atoms with van der Waals surface area (Å²) >= 11 is 3.09. The molecule has 1 amide bonds. The third-order valence-corrected chi connectivity index (χ3v) is 6.70.